The van der Waals surface area contributed by atoms with Crippen molar-refractivity contribution in [2.75, 3.05) is 13.1 Å². The summed E-state index contributed by atoms with van der Waals surface area (Å²) in [7, 11) is -1.82. The lowest BCUT2D eigenvalue weighted by Crippen LogP contribution is -2.54. The molecule has 0 aliphatic carbocycles. The van der Waals surface area contributed by atoms with Crippen molar-refractivity contribution in [2.24, 2.45) is 0 Å². The van der Waals surface area contributed by atoms with Crippen LogP contribution in [0, 0.1) is 5.82 Å². The lowest BCUT2D eigenvalue weighted by Gasteiger charge is -2.39. The van der Waals surface area contributed by atoms with Gasteiger partial charge in [-0.1, -0.05) is 18.7 Å². The highest BCUT2D eigenvalue weighted by molar-refractivity contribution is 6.43. The molecule has 2 unspecified atom stereocenters. The maximum atomic E-state index is 13.0. The third kappa shape index (κ3) is 6.08. The van der Waals surface area contributed by atoms with Crippen LogP contribution in [0.2, 0.25) is 0 Å². The van der Waals surface area contributed by atoms with Gasteiger partial charge in [0.15, 0.2) is 0 Å². The summed E-state index contributed by atoms with van der Waals surface area (Å²) in [6.07, 6.45) is 1.74. The van der Waals surface area contributed by atoms with Crippen molar-refractivity contribution in [3.8, 4) is 0 Å². The number of likely N-dealkylation sites (tertiary alicyclic amines) is 1. The predicted octanol–water partition coefficient (Wildman–Crippen LogP) is 1.04. The third-order valence-electron chi connectivity index (χ3n) is 4.52. The van der Waals surface area contributed by atoms with Gasteiger partial charge in [0, 0.05) is 6.54 Å². The van der Waals surface area contributed by atoms with Crippen molar-refractivity contribution < 1.29 is 28.8 Å². The minimum Gasteiger partial charge on any atom is -0.441 e. The first-order chi connectivity index (χ1) is 12.7. The van der Waals surface area contributed by atoms with Gasteiger partial charge in [-0.25, -0.2) is 9.18 Å². The molecule has 1 fully saturated rings. The highest BCUT2D eigenvalue weighted by atomic mass is 19.1. The number of rotatable bonds is 6. The van der Waals surface area contributed by atoms with Crippen molar-refractivity contribution in [3.63, 3.8) is 0 Å². The zero-order valence-electron chi connectivity index (χ0n) is 15.2. The molecule has 1 heterocycles. The average Bonchev–Trinajstić information content (AvgIpc) is 2.61. The van der Waals surface area contributed by atoms with Crippen molar-refractivity contribution in [2.45, 2.75) is 37.7 Å². The van der Waals surface area contributed by atoms with Crippen molar-refractivity contribution in [3.05, 3.63) is 48.3 Å². The number of carbonyl (C=O) groups excluding carboxylic acids is 2. The summed E-state index contributed by atoms with van der Waals surface area (Å²) in [6.45, 7) is 5.98. The van der Waals surface area contributed by atoms with Gasteiger partial charge in [0.2, 0.25) is 5.91 Å². The van der Waals surface area contributed by atoms with E-state index in [1.807, 2.05) is 0 Å². The molecule has 2 rings (SSSR count). The number of nitrogens with one attached hydrogen (secondary N) is 1. The number of benzene rings is 1. The van der Waals surface area contributed by atoms with Gasteiger partial charge in [-0.15, -0.1) is 0 Å². The molecule has 1 aromatic rings. The molecule has 9 heteroatoms. The molecular formula is C18H24BFN2O5. The molecule has 0 aromatic heterocycles. The largest absolute Gasteiger partial charge is 0.475 e. The molecule has 2 amide bonds. The Kier molecular flexibility index (Phi) is 6.98. The summed E-state index contributed by atoms with van der Waals surface area (Å²) < 4.78 is 18.5. The summed E-state index contributed by atoms with van der Waals surface area (Å²) in [5, 5.41) is 21.5. The Morgan fingerprint density at radius 2 is 2.11 bits per heavy atom. The number of halogens is 1. The third-order valence-corrected chi connectivity index (χ3v) is 4.52. The Balaban J connectivity index is 1.97. The number of alkyl carbamates (subject to hydrolysis) is 1. The Labute approximate surface area is 158 Å². The normalized spacial score (nSPS) is 20.5. The van der Waals surface area contributed by atoms with E-state index in [2.05, 4.69) is 11.9 Å². The second-order valence-electron chi connectivity index (χ2n) is 6.90. The number of hydrogen-bond donors (Lipinski definition) is 3. The lowest BCUT2D eigenvalue weighted by molar-refractivity contribution is -0.132. The monoisotopic (exact) mass is 378 g/mol. The number of nitrogens with zero attached hydrogens (tertiary/aromatic N) is 1. The van der Waals surface area contributed by atoms with Crippen LogP contribution in [0.1, 0.15) is 25.3 Å². The van der Waals surface area contributed by atoms with E-state index < -0.39 is 30.6 Å². The minimum absolute atomic E-state index is 0.0881. The first-order valence-electron chi connectivity index (χ1n) is 8.74. The van der Waals surface area contributed by atoms with E-state index >= 15 is 0 Å². The summed E-state index contributed by atoms with van der Waals surface area (Å²) in [4.78, 5) is 25.6. The van der Waals surface area contributed by atoms with Crippen LogP contribution in [0.15, 0.2) is 36.9 Å². The molecule has 146 valence electrons. The molecule has 0 bridgehead atoms. The van der Waals surface area contributed by atoms with Crippen LogP contribution in [0.25, 0.3) is 0 Å². The summed E-state index contributed by atoms with van der Waals surface area (Å²) >= 11 is 0. The van der Waals surface area contributed by atoms with Crippen LogP contribution >= 0.6 is 0 Å². The van der Waals surface area contributed by atoms with Gasteiger partial charge in [-0.05, 0) is 50.0 Å². The van der Waals surface area contributed by atoms with Crippen LogP contribution in [0.5, 0.6) is 0 Å². The van der Waals surface area contributed by atoms with Crippen molar-refractivity contribution in [1.29, 1.82) is 0 Å². The van der Waals surface area contributed by atoms with E-state index in [1.54, 1.807) is 11.8 Å². The van der Waals surface area contributed by atoms with E-state index in [0.717, 1.165) is 0 Å². The highest BCUT2D eigenvalue weighted by Crippen LogP contribution is 2.25. The Morgan fingerprint density at radius 1 is 1.44 bits per heavy atom. The minimum atomic E-state index is -1.82. The van der Waals surface area contributed by atoms with Crippen molar-refractivity contribution in [1.82, 2.24) is 10.2 Å². The van der Waals surface area contributed by atoms with E-state index in [9.17, 15) is 24.0 Å². The smallest absolute Gasteiger partial charge is 0.441 e. The average molecular weight is 378 g/mol. The first kappa shape index (κ1) is 20.9. The van der Waals surface area contributed by atoms with E-state index in [-0.39, 0.29) is 18.9 Å². The molecule has 0 spiro atoms. The fraction of sp³-hybridized carbons (Fsp3) is 0.444. The van der Waals surface area contributed by atoms with Crippen LogP contribution in [-0.2, 0) is 16.0 Å². The summed E-state index contributed by atoms with van der Waals surface area (Å²) in [5.41, 5.74) is -0.261. The fourth-order valence-corrected chi connectivity index (χ4v) is 3.12. The fourth-order valence-electron chi connectivity index (χ4n) is 3.12. The molecule has 3 N–H and O–H groups in total. The van der Waals surface area contributed by atoms with Gasteiger partial charge < -0.3 is 25.0 Å². The molecule has 7 nitrogen and oxygen atoms in total. The molecule has 1 aliphatic heterocycles. The lowest BCUT2D eigenvalue weighted by atomic mass is 9.76. The molecular weight excluding hydrogens is 354 g/mol. The number of hydrogen-bond acceptors (Lipinski definition) is 5. The van der Waals surface area contributed by atoms with E-state index in [4.69, 9.17) is 4.74 Å². The SMILES string of the molecule is C=CC(=O)N1CCCC(C)(OC(=O)NC(Cc2ccc(F)cc2)B(O)O)C1. The topological polar surface area (TPSA) is 99.1 Å². The second kappa shape index (κ2) is 9.01. The van der Waals surface area contributed by atoms with Crippen LogP contribution < -0.4 is 5.32 Å². The Hall–Kier alpha value is -2.39. The molecule has 2 atom stereocenters. The molecule has 27 heavy (non-hydrogen) atoms. The molecule has 0 saturated carbocycles. The van der Waals surface area contributed by atoms with Gasteiger partial charge in [0.25, 0.3) is 0 Å². The number of amides is 2. The Bertz CT molecular complexity index is 685. The zero-order chi connectivity index (χ0) is 20.0. The van der Waals surface area contributed by atoms with Gasteiger partial charge >= 0.3 is 13.2 Å². The van der Waals surface area contributed by atoms with Gasteiger partial charge in [-0.3, -0.25) is 4.79 Å². The summed E-state index contributed by atoms with van der Waals surface area (Å²) in [6, 6.07) is 5.50. The van der Waals surface area contributed by atoms with E-state index in [0.29, 0.717) is 24.9 Å². The van der Waals surface area contributed by atoms with Gasteiger partial charge in [-0.2, -0.15) is 0 Å². The predicted molar refractivity (Wildman–Crippen MR) is 98.1 cm³/mol. The van der Waals surface area contributed by atoms with Crippen LogP contribution in [-0.4, -0.2) is 58.7 Å². The number of piperidine rings is 1. The van der Waals surface area contributed by atoms with Crippen LogP contribution in [0.3, 0.4) is 0 Å². The number of ether oxygens (including phenoxy) is 1. The summed E-state index contributed by atoms with van der Waals surface area (Å²) in [5.74, 6) is -1.66. The Morgan fingerprint density at radius 3 is 2.70 bits per heavy atom. The standard InChI is InChI=1S/C18H24BFN2O5/c1-3-16(23)22-10-4-9-18(2,12-22)27-17(24)21-15(19(25)26)11-13-5-7-14(20)8-6-13/h3,5-8,15,25-26H,1,4,9-12H2,2H3,(H,21,24). The molecule has 0 radical (unpaired) electrons. The first-order valence-corrected chi connectivity index (χ1v) is 8.74. The zero-order valence-corrected chi connectivity index (χ0v) is 15.2. The van der Waals surface area contributed by atoms with E-state index in [1.165, 1.54) is 30.3 Å². The van der Waals surface area contributed by atoms with Crippen molar-refractivity contribution >= 4 is 19.1 Å². The highest BCUT2D eigenvalue weighted by Gasteiger charge is 2.37. The maximum absolute atomic E-state index is 13.0. The quantitative estimate of drug-likeness (QED) is 0.508. The van der Waals surface area contributed by atoms with Gasteiger partial charge in [0.1, 0.15) is 11.4 Å². The maximum Gasteiger partial charge on any atom is 0.475 e. The van der Waals surface area contributed by atoms with Crippen LogP contribution in [0.4, 0.5) is 9.18 Å². The van der Waals surface area contributed by atoms with Gasteiger partial charge in [0.05, 0.1) is 12.5 Å². The number of carbonyl (C=O) groups is 2. The molecule has 1 saturated heterocycles. The molecule has 1 aliphatic rings. The molecule has 1 aromatic carbocycles. The second-order valence-corrected chi connectivity index (χ2v) is 6.90.